The molecule has 0 spiro atoms. The molecule has 1 fully saturated rings. The molecule has 1 aliphatic rings. The Bertz CT molecular complexity index is 83.0. The van der Waals surface area contributed by atoms with Gasteiger partial charge in [0.25, 0.3) is 0 Å². The van der Waals surface area contributed by atoms with Gasteiger partial charge < -0.3 is 5.73 Å². The Morgan fingerprint density at radius 2 is 1.67 bits per heavy atom. The molecule has 1 rings (SSSR count). The molecule has 1 nitrogen and oxygen atoms in total. The second kappa shape index (κ2) is 7.60. The Morgan fingerprint density at radius 3 is 2.00 bits per heavy atom. The van der Waals surface area contributed by atoms with Crippen LogP contribution in [0, 0.1) is 5.92 Å². The molecule has 74 valence electrons. The Morgan fingerprint density at radius 1 is 1.25 bits per heavy atom. The Balaban J connectivity index is 0.000000354. The third kappa shape index (κ3) is 6.66. The van der Waals surface area contributed by atoms with Crippen LogP contribution in [-0.4, -0.2) is 6.04 Å². The van der Waals surface area contributed by atoms with Gasteiger partial charge in [0, 0.05) is 6.04 Å². The topological polar surface area (TPSA) is 26.0 Å². The summed E-state index contributed by atoms with van der Waals surface area (Å²) in [4.78, 5) is 0. The molecule has 0 heterocycles. The predicted molar refractivity (Wildman–Crippen MR) is 56.2 cm³/mol. The molecule has 0 radical (unpaired) electrons. The summed E-state index contributed by atoms with van der Waals surface area (Å²) in [5, 5.41) is 0. The minimum Gasteiger partial charge on any atom is -0.328 e. The molecule has 12 heavy (non-hydrogen) atoms. The van der Waals surface area contributed by atoms with E-state index in [9.17, 15) is 0 Å². The molecule has 0 saturated heterocycles. The van der Waals surface area contributed by atoms with Crippen molar-refractivity contribution in [2.75, 3.05) is 0 Å². The lowest BCUT2D eigenvalue weighted by atomic mass is 10.0. The molecule has 0 amide bonds. The highest BCUT2D eigenvalue weighted by Crippen LogP contribution is 2.27. The van der Waals surface area contributed by atoms with Crippen LogP contribution in [0.15, 0.2) is 0 Å². The lowest BCUT2D eigenvalue weighted by Gasteiger charge is -2.10. The van der Waals surface area contributed by atoms with Crippen LogP contribution >= 0.6 is 0 Å². The van der Waals surface area contributed by atoms with Crippen LogP contribution in [0.5, 0.6) is 0 Å². The molecule has 1 atom stereocenters. The quantitative estimate of drug-likeness (QED) is 0.677. The van der Waals surface area contributed by atoms with Crippen LogP contribution in [0.3, 0.4) is 0 Å². The van der Waals surface area contributed by atoms with E-state index in [4.69, 9.17) is 5.73 Å². The zero-order valence-corrected chi connectivity index (χ0v) is 8.97. The van der Waals surface area contributed by atoms with E-state index in [1.54, 1.807) is 0 Å². The third-order valence-corrected chi connectivity index (χ3v) is 2.18. The van der Waals surface area contributed by atoms with E-state index in [0.717, 1.165) is 5.92 Å². The Kier molecular flexibility index (Phi) is 7.58. The molecule has 0 aromatic heterocycles. The van der Waals surface area contributed by atoms with Crippen LogP contribution < -0.4 is 5.73 Å². The van der Waals surface area contributed by atoms with Crippen molar-refractivity contribution >= 4 is 0 Å². The molecule has 0 aromatic carbocycles. The second-order valence-electron chi connectivity index (χ2n) is 4.07. The van der Waals surface area contributed by atoms with E-state index >= 15 is 0 Å². The summed E-state index contributed by atoms with van der Waals surface area (Å²) in [5.41, 5.74) is 5.67. The van der Waals surface area contributed by atoms with Crippen molar-refractivity contribution in [3.8, 4) is 0 Å². The van der Waals surface area contributed by atoms with Crippen molar-refractivity contribution in [1.82, 2.24) is 0 Å². The maximum Gasteiger partial charge on any atom is 0.00131 e. The molecular formula is C11H25N. The van der Waals surface area contributed by atoms with Crippen molar-refractivity contribution in [1.29, 1.82) is 0 Å². The molecule has 2 N–H and O–H groups in total. The summed E-state index contributed by atoms with van der Waals surface area (Å²) in [6, 6.07) is 0.424. The van der Waals surface area contributed by atoms with Gasteiger partial charge in [-0.1, -0.05) is 46.0 Å². The summed E-state index contributed by atoms with van der Waals surface area (Å²) in [7, 11) is 0. The highest BCUT2D eigenvalue weighted by molar-refractivity contribution is 4.70. The number of nitrogens with two attached hydrogens (primary N) is 1. The summed E-state index contributed by atoms with van der Waals surface area (Å²) in [6.45, 7) is 6.36. The first kappa shape index (κ1) is 12.0. The first-order valence-corrected chi connectivity index (χ1v) is 5.46. The van der Waals surface area contributed by atoms with Crippen molar-refractivity contribution in [2.45, 2.75) is 65.3 Å². The van der Waals surface area contributed by atoms with Gasteiger partial charge in [0.2, 0.25) is 0 Å². The van der Waals surface area contributed by atoms with Gasteiger partial charge in [-0.3, -0.25) is 0 Å². The van der Waals surface area contributed by atoms with Gasteiger partial charge in [-0.15, -0.1) is 0 Å². The number of hydrogen-bond acceptors (Lipinski definition) is 1. The normalized spacial score (nSPS) is 20.0. The van der Waals surface area contributed by atoms with E-state index in [0.29, 0.717) is 6.04 Å². The van der Waals surface area contributed by atoms with Crippen molar-refractivity contribution in [3.05, 3.63) is 0 Å². The SMILES string of the molecule is CC(N)CC1CCCC1.CCC. The lowest BCUT2D eigenvalue weighted by Crippen LogP contribution is -2.18. The van der Waals surface area contributed by atoms with Crippen LogP contribution in [-0.2, 0) is 0 Å². The summed E-state index contributed by atoms with van der Waals surface area (Å²) in [5.74, 6) is 0.963. The van der Waals surface area contributed by atoms with Gasteiger partial charge in [0.15, 0.2) is 0 Å². The monoisotopic (exact) mass is 171 g/mol. The van der Waals surface area contributed by atoms with Crippen LogP contribution in [0.4, 0.5) is 0 Å². The van der Waals surface area contributed by atoms with Crippen molar-refractivity contribution in [2.24, 2.45) is 11.7 Å². The molecule has 1 heteroatoms. The zero-order chi connectivity index (χ0) is 9.40. The van der Waals surface area contributed by atoms with E-state index < -0.39 is 0 Å². The number of rotatable bonds is 2. The molecule has 0 aromatic rings. The number of hydrogen-bond donors (Lipinski definition) is 1. The summed E-state index contributed by atoms with van der Waals surface area (Å²) in [6.07, 6.45) is 8.25. The van der Waals surface area contributed by atoms with Gasteiger partial charge in [-0.25, -0.2) is 0 Å². The minimum absolute atomic E-state index is 0.424. The molecule has 0 aliphatic heterocycles. The summed E-state index contributed by atoms with van der Waals surface area (Å²) < 4.78 is 0. The Hall–Kier alpha value is -0.0400. The molecule has 1 unspecified atom stereocenters. The lowest BCUT2D eigenvalue weighted by molar-refractivity contribution is 0.459. The highest BCUT2D eigenvalue weighted by atomic mass is 14.6. The fourth-order valence-corrected chi connectivity index (χ4v) is 1.77. The molecule has 0 bridgehead atoms. The largest absolute Gasteiger partial charge is 0.328 e. The fourth-order valence-electron chi connectivity index (χ4n) is 1.77. The van der Waals surface area contributed by atoms with Gasteiger partial charge in [-0.2, -0.15) is 0 Å². The van der Waals surface area contributed by atoms with Gasteiger partial charge in [-0.05, 0) is 19.3 Å². The van der Waals surface area contributed by atoms with Crippen molar-refractivity contribution < 1.29 is 0 Å². The maximum atomic E-state index is 5.67. The fraction of sp³-hybridized carbons (Fsp3) is 1.00. The minimum atomic E-state index is 0.424. The van der Waals surface area contributed by atoms with E-state index in [-0.39, 0.29) is 0 Å². The first-order valence-electron chi connectivity index (χ1n) is 5.46. The second-order valence-corrected chi connectivity index (χ2v) is 4.07. The van der Waals surface area contributed by atoms with Gasteiger partial charge in [0.1, 0.15) is 0 Å². The smallest absolute Gasteiger partial charge is 0.00131 e. The zero-order valence-electron chi connectivity index (χ0n) is 8.97. The predicted octanol–water partition coefficient (Wildman–Crippen LogP) is 3.33. The van der Waals surface area contributed by atoms with Gasteiger partial charge in [0.05, 0.1) is 0 Å². The van der Waals surface area contributed by atoms with E-state index in [1.165, 1.54) is 38.5 Å². The third-order valence-electron chi connectivity index (χ3n) is 2.18. The molecule has 1 aliphatic carbocycles. The van der Waals surface area contributed by atoms with Crippen LogP contribution in [0.2, 0.25) is 0 Å². The molecule has 1 saturated carbocycles. The maximum absolute atomic E-state index is 5.67. The average molecular weight is 171 g/mol. The standard InChI is InChI=1S/C8H17N.C3H8/c1-7(9)6-8-4-2-3-5-8;1-3-2/h7-8H,2-6,9H2,1H3;3H2,1-2H3. The average Bonchev–Trinajstić information content (AvgIpc) is 2.40. The summed E-state index contributed by atoms with van der Waals surface area (Å²) >= 11 is 0. The van der Waals surface area contributed by atoms with E-state index in [1.807, 2.05) is 0 Å². The van der Waals surface area contributed by atoms with E-state index in [2.05, 4.69) is 20.8 Å². The highest BCUT2D eigenvalue weighted by Gasteiger charge is 2.15. The van der Waals surface area contributed by atoms with Crippen LogP contribution in [0.25, 0.3) is 0 Å². The van der Waals surface area contributed by atoms with Crippen LogP contribution in [0.1, 0.15) is 59.3 Å². The van der Waals surface area contributed by atoms with Crippen molar-refractivity contribution in [3.63, 3.8) is 0 Å². The first-order chi connectivity index (χ1) is 5.70. The van der Waals surface area contributed by atoms with Gasteiger partial charge >= 0.3 is 0 Å². The Labute approximate surface area is 77.7 Å². The molecular weight excluding hydrogens is 146 g/mol.